The largest absolute Gasteiger partial charge is 0.308 e. The van der Waals surface area contributed by atoms with Crippen molar-refractivity contribution in [2.24, 2.45) is 7.05 Å². The van der Waals surface area contributed by atoms with Crippen LogP contribution in [0, 0.1) is 12.7 Å². The van der Waals surface area contributed by atoms with Gasteiger partial charge in [-0.15, -0.1) is 0 Å². The van der Waals surface area contributed by atoms with Crippen molar-refractivity contribution >= 4 is 11.6 Å². The van der Waals surface area contributed by atoms with Gasteiger partial charge in [-0.3, -0.25) is 4.68 Å². The molecule has 0 atom stereocenters. The first-order valence-corrected chi connectivity index (χ1v) is 6.09. The van der Waals surface area contributed by atoms with E-state index >= 15 is 0 Å². The zero-order valence-corrected chi connectivity index (χ0v) is 11.1. The number of aryl methyl sites for hydroxylation is 2. The summed E-state index contributed by atoms with van der Waals surface area (Å²) >= 11 is 6.12. The number of benzene rings is 1. The van der Waals surface area contributed by atoms with Crippen LogP contribution >= 0.6 is 11.6 Å². The number of hydrogen-bond acceptors (Lipinski definition) is 2. The molecule has 0 aliphatic carbocycles. The van der Waals surface area contributed by atoms with E-state index in [2.05, 4.69) is 10.4 Å². The summed E-state index contributed by atoms with van der Waals surface area (Å²) in [6, 6.07) is 6.54. The van der Waals surface area contributed by atoms with Gasteiger partial charge in [0.1, 0.15) is 11.0 Å². The highest BCUT2D eigenvalue weighted by atomic mass is 35.5. The highest BCUT2D eigenvalue weighted by Gasteiger charge is 2.10. The third-order valence-corrected chi connectivity index (χ3v) is 3.26. The van der Waals surface area contributed by atoms with Crippen molar-refractivity contribution in [3.63, 3.8) is 0 Å². The van der Waals surface area contributed by atoms with Crippen molar-refractivity contribution in [1.29, 1.82) is 0 Å². The summed E-state index contributed by atoms with van der Waals surface area (Å²) in [7, 11) is 1.81. The molecule has 0 saturated heterocycles. The van der Waals surface area contributed by atoms with Crippen molar-refractivity contribution in [2.45, 2.75) is 20.0 Å². The SMILES string of the molecule is Cc1nn(C)c(Cl)c1CNCc1cccc(F)c1. The van der Waals surface area contributed by atoms with Crippen LogP contribution < -0.4 is 5.32 Å². The fourth-order valence-corrected chi connectivity index (χ4v) is 2.09. The summed E-state index contributed by atoms with van der Waals surface area (Å²) in [5.41, 5.74) is 2.80. The molecule has 0 fully saturated rings. The molecular formula is C13H15ClFN3. The van der Waals surface area contributed by atoms with Crippen LogP contribution in [0.1, 0.15) is 16.8 Å². The molecule has 1 aromatic heterocycles. The number of nitrogens with zero attached hydrogens (tertiary/aromatic N) is 2. The Balaban J connectivity index is 1.96. The standard InChI is InChI=1S/C13H15ClFN3/c1-9-12(13(14)18(2)17-9)8-16-7-10-4-3-5-11(15)6-10/h3-6,16H,7-8H2,1-2H3. The average molecular weight is 268 g/mol. The van der Waals surface area contributed by atoms with E-state index in [-0.39, 0.29) is 5.82 Å². The van der Waals surface area contributed by atoms with E-state index in [1.807, 2.05) is 20.0 Å². The summed E-state index contributed by atoms with van der Waals surface area (Å²) in [6.07, 6.45) is 0. The van der Waals surface area contributed by atoms with Gasteiger partial charge in [0.25, 0.3) is 0 Å². The second-order valence-electron chi connectivity index (χ2n) is 4.21. The molecule has 1 heterocycles. The molecule has 0 saturated carbocycles. The van der Waals surface area contributed by atoms with Gasteiger partial charge in [0.15, 0.2) is 0 Å². The van der Waals surface area contributed by atoms with E-state index in [4.69, 9.17) is 11.6 Å². The van der Waals surface area contributed by atoms with Crippen LogP contribution in [-0.4, -0.2) is 9.78 Å². The van der Waals surface area contributed by atoms with Gasteiger partial charge in [0.05, 0.1) is 5.69 Å². The van der Waals surface area contributed by atoms with Crippen LogP contribution in [-0.2, 0) is 20.1 Å². The molecule has 2 rings (SSSR count). The molecule has 0 aliphatic heterocycles. The molecule has 96 valence electrons. The molecule has 0 unspecified atom stereocenters. The minimum Gasteiger partial charge on any atom is -0.308 e. The third kappa shape index (κ3) is 2.89. The zero-order valence-electron chi connectivity index (χ0n) is 10.4. The molecule has 0 amide bonds. The minimum absolute atomic E-state index is 0.218. The van der Waals surface area contributed by atoms with Gasteiger partial charge in [-0.25, -0.2) is 4.39 Å². The summed E-state index contributed by atoms with van der Waals surface area (Å²) in [5.74, 6) is -0.218. The molecule has 18 heavy (non-hydrogen) atoms. The van der Waals surface area contributed by atoms with Crippen LogP contribution in [0.4, 0.5) is 4.39 Å². The van der Waals surface area contributed by atoms with Crippen molar-refractivity contribution in [3.05, 3.63) is 52.1 Å². The van der Waals surface area contributed by atoms with E-state index in [1.165, 1.54) is 12.1 Å². The van der Waals surface area contributed by atoms with Crippen molar-refractivity contribution in [1.82, 2.24) is 15.1 Å². The lowest BCUT2D eigenvalue weighted by Gasteiger charge is -2.05. The predicted octanol–water partition coefficient (Wildman–Crippen LogP) is 2.81. The molecule has 3 nitrogen and oxygen atoms in total. The van der Waals surface area contributed by atoms with E-state index in [0.717, 1.165) is 16.8 Å². The van der Waals surface area contributed by atoms with Crippen molar-refractivity contribution < 1.29 is 4.39 Å². The van der Waals surface area contributed by atoms with Gasteiger partial charge in [-0.05, 0) is 24.6 Å². The number of halogens is 2. The van der Waals surface area contributed by atoms with Gasteiger partial charge in [0, 0.05) is 25.7 Å². The first kappa shape index (κ1) is 13.1. The third-order valence-electron chi connectivity index (χ3n) is 2.79. The fraction of sp³-hybridized carbons (Fsp3) is 0.308. The fourth-order valence-electron chi connectivity index (χ4n) is 1.85. The maximum absolute atomic E-state index is 13.0. The Labute approximate surface area is 111 Å². The first-order chi connectivity index (χ1) is 8.58. The van der Waals surface area contributed by atoms with Crippen LogP contribution in [0.3, 0.4) is 0 Å². The minimum atomic E-state index is -0.218. The highest BCUT2D eigenvalue weighted by Crippen LogP contribution is 2.18. The Morgan fingerprint density at radius 3 is 2.78 bits per heavy atom. The van der Waals surface area contributed by atoms with E-state index in [0.29, 0.717) is 18.2 Å². The van der Waals surface area contributed by atoms with Gasteiger partial charge in [-0.1, -0.05) is 23.7 Å². The highest BCUT2D eigenvalue weighted by molar-refractivity contribution is 6.30. The van der Waals surface area contributed by atoms with E-state index in [9.17, 15) is 4.39 Å². The van der Waals surface area contributed by atoms with Crippen LogP contribution in [0.5, 0.6) is 0 Å². The van der Waals surface area contributed by atoms with Gasteiger partial charge in [0.2, 0.25) is 0 Å². The number of rotatable bonds is 4. The summed E-state index contributed by atoms with van der Waals surface area (Å²) in [5, 5.41) is 8.11. The van der Waals surface area contributed by atoms with Crippen LogP contribution in [0.2, 0.25) is 5.15 Å². The first-order valence-electron chi connectivity index (χ1n) is 5.71. The average Bonchev–Trinajstić information content (AvgIpc) is 2.56. The Bertz CT molecular complexity index is 551. The molecule has 5 heteroatoms. The molecule has 0 spiro atoms. The van der Waals surface area contributed by atoms with Crippen molar-refractivity contribution in [3.8, 4) is 0 Å². The lowest BCUT2D eigenvalue weighted by molar-refractivity contribution is 0.620. The molecular weight excluding hydrogens is 253 g/mol. The quantitative estimate of drug-likeness (QED) is 0.923. The topological polar surface area (TPSA) is 29.9 Å². The number of nitrogens with one attached hydrogen (secondary N) is 1. The maximum atomic E-state index is 13.0. The second-order valence-corrected chi connectivity index (χ2v) is 4.57. The van der Waals surface area contributed by atoms with Crippen molar-refractivity contribution in [2.75, 3.05) is 0 Å². The van der Waals surface area contributed by atoms with E-state index in [1.54, 1.807) is 10.7 Å². The number of hydrogen-bond donors (Lipinski definition) is 1. The normalized spacial score (nSPS) is 10.9. The number of aromatic nitrogens is 2. The van der Waals surface area contributed by atoms with Gasteiger partial charge in [-0.2, -0.15) is 5.10 Å². The molecule has 2 aromatic rings. The summed E-state index contributed by atoms with van der Waals surface area (Å²) in [6.45, 7) is 3.14. The van der Waals surface area contributed by atoms with Crippen LogP contribution in [0.25, 0.3) is 0 Å². The predicted molar refractivity (Wildman–Crippen MR) is 69.9 cm³/mol. The molecule has 0 bridgehead atoms. The Morgan fingerprint density at radius 1 is 1.39 bits per heavy atom. The monoisotopic (exact) mass is 267 g/mol. The zero-order chi connectivity index (χ0) is 13.1. The maximum Gasteiger partial charge on any atom is 0.131 e. The molecule has 1 N–H and O–H groups in total. The van der Waals surface area contributed by atoms with Gasteiger partial charge < -0.3 is 5.32 Å². The molecule has 0 aliphatic rings. The molecule has 1 aromatic carbocycles. The van der Waals surface area contributed by atoms with E-state index < -0.39 is 0 Å². The van der Waals surface area contributed by atoms with Crippen LogP contribution in [0.15, 0.2) is 24.3 Å². The lowest BCUT2D eigenvalue weighted by atomic mass is 10.2. The smallest absolute Gasteiger partial charge is 0.131 e. The Morgan fingerprint density at radius 2 is 2.17 bits per heavy atom. The summed E-state index contributed by atoms with van der Waals surface area (Å²) < 4.78 is 14.6. The molecule has 0 radical (unpaired) electrons. The van der Waals surface area contributed by atoms with Gasteiger partial charge >= 0.3 is 0 Å². The summed E-state index contributed by atoms with van der Waals surface area (Å²) in [4.78, 5) is 0. The second kappa shape index (κ2) is 5.50. The Hall–Kier alpha value is -1.39. The lowest BCUT2D eigenvalue weighted by Crippen LogP contribution is -2.13. The Kier molecular flexibility index (Phi) is 3.99.